The number of hydrogen-bond donors (Lipinski definition) is 1. The molecule has 0 aliphatic heterocycles. The minimum Gasteiger partial charge on any atom is -0.478 e. The lowest BCUT2D eigenvalue weighted by molar-refractivity contribution is 0.0699. The number of carboxylic acids is 1. The highest BCUT2D eigenvalue weighted by atomic mass is 16.4. The number of aromatic carboxylic acids is 1. The van der Waals surface area contributed by atoms with Gasteiger partial charge in [0.25, 0.3) is 0 Å². The topological polar surface area (TPSA) is 61.1 Å². The van der Waals surface area contributed by atoms with E-state index in [1.54, 1.807) is 24.3 Å². The molecule has 3 aromatic rings. The van der Waals surface area contributed by atoms with E-state index in [1.165, 1.54) is 0 Å². The van der Waals surface area contributed by atoms with E-state index in [0.717, 1.165) is 16.2 Å². The largest absolute Gasteiger partial charge is 0.478 e. The molecule has 3 aromatic carbocycles. The van der Waals surface area contributed by atoms with Crippen LogP contribution in [-0.4, -0.2) is 11.1 Å². The highest BCUT2D eigenvalue weighted by molar-refractivity contribution is 6.15. The highest BCUT2D eigenvalue weighted by Crippen LogP contribution is 2.29. The second-order valence-corrected chi connectivity index (χ2v) is 4.32. The maximum absolute atomic E-state index is 11.3. The number of fused-ring (bicyclic) bond motifs is 3. The van der Waals surface area contributed by atoms with E-state index in [4.69, 9.17) is 5.26 Å². The molecule has 1 N–H and O–H groups in total. The van der Waals surface area contributed by atoms with Crippen molar-refractivity contribution in [3.05, 3.63) is 59.7 Å². The molecule has 0 radical (unpaired) electrons. The van der Waals surface area contributed by atoms with Gasteiger partial charge >= 0.3 is 5.97 Å². The summed E-state index contributed by atoms with van der Waals surface area (Å²) in [6.07, 6.45) is 0. The van der Waals surface area contributed by atoms with Gasteiger partial charge in [-0.25, -0.2) is 4.79 Å². The minimum atomic E-state index is -0.958. The van der Waals surface area contributed by atoms with E-state index < -0.39 is 5.97 Å². The zero-order valence-electron chi connectivity index (χ0n) is 9.92. The van der Waals surface area contributed by atoms with Crippen LogP contribution in [-0.2, 0) is 0 Å². The fourth-order valence-corrected chi connectivity index (χ4v) is 2.35. The standard InChI is InChI=1S/C16H9NO2/c17-9-10-5-6-13-14(7-10)12-4-2-1-3-11(12)8-15(13)16(18)19/h1-8H,(H,18,19). The molecule has 3 rings (SSSR count). The Bertz CT molecular complexity index is 860. The first-order valence-corrected chi connectivity index (χ1v) is 5.79. The van der Waals surface area contributed by atoms with E-state index in [1.807, 2.05) is 24.3 Å². The Morgan fingerprint density at radius 3 is 2.53 bits per heavy atom. The van der Waals surface area contributed by atoms with Gasteiger partial charge < -0.3 is 5.11 Å². The number of hydrogen-bond acceptors (Lipinski definition) is 2. The van der Waals surface area contributed by atoms with E-state index in [0.29, 0.717) is 10.9 Å². The third kappa shape index (κ3) is 1.71. The Morgan fingerprint density at radius 2 is 1.79 bits per heavy atom. The SMILES string of the molecule is N#Cc1ccc2c(C(=O)O)cc3ccccc3c2c1. The molecule has 3 heteroatoms. The number of benzene rings is 3. The monoisotopic (exact) mass is 247 g/mol. The second-order valence-electron chi connectivity index (χ2n) is 4.32. The minimum absolute atomic E-state index is 0.262. The van der Waals surface area contributed by atoms with Crippen LogP contribution in [0.2, 0.25) is 0 Å². The lowest BCUT2D eigenvalue weighted by atomic mass is 9.96. The normalized spacial score (nSPS) is 10.5. The van der Waals surface area contributed by atoms with Crippen LogP contribution >= 0.6 is 0 Å². The number of carboxylic acid groups (broad SMARTS) is 1. The first-order valence-electron chi connectivity index (χ1n) is 5.79. The molecule has 0 saturated carbocycles. The summed E-state index contributed by atoms with van der Waals surface area (Å²) in [7, 11) is 0. The molecule has 0 aromatic heterocycles. The van der Waals surface area contributed by atoms with Gasteiger partial charge in [-0.3, -0.25) is 0 Å². The van der Waals surface area contributed by atoms with E-state index in [-0.39, 0.29) is 5.56 Å². The molecule has 0 heterocycles. The molecular weight excluding hydrogens is 238 g/mol. The van der Waals surface area contributed by atoms with Crippen molar-refractivity contribution in [1.82, 2.24) is 0 Å². The van der Waals surface area contributed by atoms with Gasteiger partial charge in [0.2, 0.25) is 0 Å². The molecule has 0 bridgehead atoms. The van der Waals surface area contributed by atoms with Crippen LogP contribution < -0.4 is 0 Å². The Balaban J connectivity index is 2.57. The maximum atomic E-state index is 11.3. The van der Waals surface area contributed by atoms with Gasteiger partial charge in [-0.15, -0.1) is 0 Å². The Labute approximate surface area is 109 Å². The summed E-state index contributed by atoms with van der Waals surface area (Å²) in [6.45, 7) is 0. The van der Waals surface area contributed by atoms with Gasteiger partial charge in [0.05, 0.1) is 17.2 Å². The van der Waals surface area contributed by atoms with Crippen molar-refractivity contribution in [2.75, 3.05) is 0 Å². The molecule has 0 fully saturated rings. The van der Waals surface area contributed by atoms with E-state index in [9.17, 15) is 9.90 Å². The first kappa shape index (κ1) is 11.2. The zero-order chi connectivity index (χ0) is 13.4. The Morgan fingerprint density at radius 1 is 1.00 bits per heavy atom. The van der Waals surface area contributed by atoms with Gasteiger partial charge in [-0.1, -0.05) is 30.3 Å². The molecule has 0 atom stereocenters. The third-order valence-electron chi connectivity index (χ3n) is 3.22. The average Bonchev–Trinajstić information content (AvgIpc) is 2.45. The summed E-state index contributed by atoms with van der Waals surface area (Å²) >= 11 is 0. The lowest BCUT2D eigenvalue weighted by Gasteiger charge is -2.07. The van der Waals surface area contributed by atoms with Crippen LogP contribution in [0.5, 0.6) is 0 Å². The summed E-state index contributed by atoms with van der Waals surface area (Å²) in [6, 6.07) is 16.4. The summed E-state index contributed by atoms with van der Waals surface area (Å²) < 4.78 is 0. The van der Waals surface area contributed by atoms with E-state index >= 15 is 0 Å². The van der Waals surface area contributed by atoms with E-state index in [2.05, 4.69) is 6.07 Å². The summed E-state index contributed by atoms with van der Waals surface area (Å²) in [4.78, 5) is 11.3. The van der Waals surface area contributed by atoms with Gasteiger partial charge in [0.15, 0.2) is 0 Å². The molecule has 0 aliphatic rings. The summed E-state index contributed by atoms with van der Waals surface area (Å²) in [5.74, 6) is -0.958. The predicted molar refractivity (Wildman–Crippen MR) is 73.1 cm³/mol. The molecule has 0 unspecified atom stereocenters. The van der Waals surface area contributed by atoms with Crippen molar-refractivity contribution >= 4 is 27.5 Å². The molecule has 90 valence electrons. The smallest absolute Gasteiger partial charge is 0.336 e. The van der Waals surface area contributed by atoms with Gasteiger partial charge in [-0.2, -0.15) is 5.26 Å². The summed E-state index contributed by atoms with van der Waals surface area (Å²) in [5.41, 5.74) is 0.790. The van der Waals surface area contributed by atoms with Crippen LogP contribution in [0.15, 0.2) is 48.5 Å². The molecule has 19 heavy (non-hydrogen) atoms. The second kappa shape index (κ2) is 4.11. The van der Waals surface area contributed by atoms with Crippen molar-refractivity contribution in [2.45, 2.75) is 0 Å². The quantitative estimate of drug-likeness (QED) is 0.669. The Hall–Kier alpha value is -2.86. The van der Waals surface area contributed by atoms with Crippen LogP contribution in [0.25, 0.3) is 21.5 Å². The number of nitrogens with zero attached hydrogens (tertiary/aromatic N) is 1. The zero-order valence-corrected chi connectivity index (χ0v) is 9.92. The first-order chi connectivity index (χ1) is 9.20. The third-order valence-corrected chi connectivity index (χ3v) is 3.22. The van der Waals surface area contributed by atoms with Crippen molar-refractivity contribution in [3.8, 4) is 6.07 Å². The van der Waals surface area contributed by atoms with Gasteiger partial charge in [0, 0.05) is 0 Å². The van der Waals surface area contributed by atoms with Crippen molar-refractivity contribution in [1.29, 1.82) is 5.26 Å². The Kier molecular flexibility index (Phi) is 2.43. The number of rotatable bonds is 1. The van der Waals surface area contributed by atoms with Crippen LogP contribution in [0.1, 0.15) is 15.9 Å². The van der Waals surface area contributed by atoms with Crippen LogP contribution in [0, 0.1) is 11.3 Å². The van der Waals surface area contributed by atoms with Crippen molar-refractivity contribution < 1.29 is 9.90 Å². The average molecular weight is 247 g/mol. The molecule has 0 aliphatic carbocycles. The van der Waals surface area contributed by atoms with Crippen molar-refractivity contribution in [3.63, 3.8) is 0 Å². The highest BCUT2D eigenvalue weighted by Gasteiger charge is 2.12. The fraction of sp³-hybridized carbons (Fsp3) is 0. The predicted octanol–water partition coefficient (Wildman–Crippen LogP) is 3.56. The molecule has 0 saturated heterocycles. The molecule has 0 amide bonds. The lowest BCUT2D eigenvalue weighted by Crippen LogP contribution is -1.98. The molecule has 0 spiro atoms. The summed E-state index contributed by atoms with van der Waals surface area (Å²) in [5, 5.41) is 21.6. The fourth-order valence-electron chi connectivity index (χ4n) is 2.35. The maximum Gasteiger partial charge on any atom is 0.336 e. The number of nitriles is 1. The van der Waals surface area contributed by atoms with Gasteiger partial charge in [0.1, 0.15) is 0 Å². The number of carbonyl (C=O) groups is 1. The van der Waals surface area contributed by atoms with Gasteiger partial charge in [-0.05, 0) is 39.7 Å². The molecule has 3 nitrogen and oxygen atoms in total. The molecular formula is C16H9NO2. The van der Waals surface area contributed by atoms with Crippen molar-refractivity contribution in [2.24, 2.45) is 0 Å². The van der Waals surface area contributed by atoms with Crippen LogP contribution in [0.3, 0.4) is 0 Å². The van der Waals surface area contributed by atoms with Crippen LogP contribution in [0.4, 0.5) is 0 Å².